The molecule has 17 heavy (non-hydrogen) atoms. The lowest BCUT2D eigenvalue weighted by Crippen LogP contribution is -2.32. The van der Waals surface area contributed by atoms with E-state index < -0.39 is 9.84 Å². The molecule has 1 aromatic rings. The topological polar surface area (TPSA) is 46.6 Å². The van der Waals surface area contributed by atoms with E-state index >= 15 is 0 Å². The molecule has 1 fully saturated rings. The number of nitrogens with zero attached hydrogens (tertiary/aromatic N) is 1. The first kappa shape index (κ1) is 14.2. The van der Waals surface area contributed by atoms with Crippen LogP contribution in [-0.4, -0.2) is 52.9 Å². The van der Waals surface area contributed by atoms with Gasteiger partial charge in [-0.15, -0.1) is 0 Å². The van der Waals surface area contributed by atoms with E-state index in [-0.39, 0.29) is 0 Å². The Bertz CT molecular complexity index is 411. The summed E-state index contributed by atoms with van der Waals surface area (Å²) >= 11 is 0. The monoisotopic (exact) mass is 257 g/mol. The maximum Gasteiger partial charge on any atom is 0.175 e. The van der Waals surface area contributed by atoms with Crippen molar-refractivity contribution in [1.82, 2.24) is 4.90 Å². The zero-order valence-electron chi connectivity index (χ0n) is 10.3. The molecular weight excluding hydrogens is 238 g/mol. The van der Waals surface area contributed by atoms with Crippen LogP contribution in [0.4, 0.5) is 0 Å². The lowest BCUT2D eigenvalue weighted by atomic mass is 10.4. The molecule has 0 aromatic heterocycles. The molecule has 1 aliphatic rings. The third-order valence-electron chi connectivity index (χ3n) is 2.41. The highest BCUT2D eigenvalue weighted by Gasteiger charge is 2.03. The fourth-order valence-corrected chi connectivity index (χ4v) is 1.97. The second-order valence-corrected chi connectivity index (χ2v) is 6.02. The molecule has 0 radical (unpaired) electrons. The van der Waals surface area contributed by atoms with Gasteiger partial charge in [-0.2, -0.15) is 0 Å². The lowest BCUT2D eigenvalue weighted by Gasteiger charge is -2.21. The molecule has 96 valence electrons. The van der Waals surface area contributed by atoms with Crippen molar-refractivity contribution in [3.63, 3.8) is 0 Å². The van der Waals surface area contributed by atoms with Gasteiger partial charge < -0.3 is 9.64 Å². The van der Waals surface area contributed by atoms with Gasteiger partial charge in [-0.05, 0) is 19.2 Å². The van der Waals surface area contributed by atoms with E-state index in [2.05, 4.69) is 11.9 Å². The summed E-state index contributed by atoms with van der Waals surface area (Å²) in [5.41, 5.74) is 0. The third-order valence-corrected chi connectivity index (χ3v) is 3.53. The Kier molecular flexibility index (Phi) is 5.61. The summed E-state index contributed by atoms with van der Waals surface area (Å²) < 4.78 is 26.8. The van der Waals surface area contributed by atoms with Gasteiger partial charge in [0.05, 0.1) is 18.1 Å². The summed E-state index contributed by atoms with van der Waals surface area (Å²) in [4.78, 5) is 2.64. The van der Waals surface area contributed by atoms with E-state index in [0.717, 1.165) is 26.3 Å². The highest BCUT2D eigenvalue weighted by molar-refractivity contribution is 7.90. The number of sulfone groups is 1. The molecule has 0 amide bonds. The Labute approximate surface area is 103 Å². The molecule has 1 aromatic carbocycles. The van der Waals surface area contributed by atoms with E-state index in [1.807, 2.05) is 0 Å². The average molecular weight is 257 g/mol. The molecule has 2 rings (SSSR count). The Morgan fingerprint density at radius 3 is 1.94 bits per heavy atom. The molecule has 5 heteroatoms. The molecule has 0 spiro atoms. The van der Waals surface area contributed by atoms with Crippen molar-refractivity contribution in [2.75, 3.05) is 39.6 Å². The molecule has 0 N–H and O–H groups in total. The summed E-state index contributed by atoms with van der Waals surface area (Å²) in [6, 6.07) is 8.35. The minimum Gasteiger partial charge on any atom is -0.379 e. The van der Waals surface area contributed by atoms with Crippen LogP contribution in [0, 0.1) is 0 Å². The smallest absolute Gasteiger partial charge is 0.175 e. The maximum atomic E-state index is 10.8. The average Bonchev–Trinajstić information content (AvgIpc) is 2.31. The summed E-state index contributed by atoms with van der Waals surface area (Å²) in [5, 5.41) is 0. The third kappa shape index (κ3) is 5.81. The molecule has 4 nitrogen and oxygen atoms in total. The van der Waals surface area contributed by atoms with Gasteiger partial charge in [0.15, 0.2) is 9.84 Å². The van der Waals surface area contributed by atoms with Crippen LogP contribution < -0.4 is 0 Å². The van der Waals surface area contributed by atoms with Crippen LogP contribution >= 0.6 is 0 Å². The minimum atomic E-state index is -3.00. The SMILES string of the molecule is CN1CCOCC1.CS(=O)(=O)c1ccccc1. The van der Waals surface area contributed by atoms with Crippen LogP contribution in [0.2, 0.25) is 0 Å². The first-order chi connectivity index (χ1) is 8.00. The van der Waals surface area contributed by atoms with Gasteiger partial charge in [0, 0.05) is 19.3 Å². The summed E-state index contributed by atoms with van der Waals surface area (Å²) in [5.74, 6) is 0. The highest BCUT2D eigenvalue weighted by Crippen LogP contribution is 2.05. The fraction of sp³-hybridized carbons (Fsp3) is 0.500. The van der Waals surface area contributed by atoms with Crippen LogP contribution in [0.15, 0.2) is 35.2 Å². The van der Waals surface area contributed by atoms with Crippen LogP contribution in [0.3, 0.4) is 0 Å². The predicted molar refractivity (Wildman–Crippen MR) is 67.9 cm³/mol. The molecule has 1 aliphatic heterocycles. The van der Waals surface area contributed by atoms with Crippen molar-refractivity contribution in [3.05, 3.63) is 30.3 Å². The van der Waals surface area contributed by atoms with Crippen molar-refractivity contribution >= 4 is 9.84 Å². The number of likely N-dealkylation sites (N-methyl/N-ethyl adjacent to an activating group) is 1. The molecule has 0 atom stereocenters. The normalized spacial score (nSPS) is 17.1. The quantitative estimate of drug-likeness (QED) is 0.754. The number of benzene rings is 1. The summed E-state index contributed by atoms with van der Waals surface area (Å²) in [6.07, 6.45) is 1.20. The summed E-state index contributed by atoms with van der Waals surface area (Å²) in [7, 11) is -0.889. The molecule has 1 saturated heterocycles. The van der Waals surface area contributed by atoms with E-state index in [1.165, 1.54) is 6.26 Å². The zero-order chi connectivity index (χ0) is 12.7. The standard InChI is InChI=1S/C7H8O2S.C5H11NO/c1-10(8,9)7-5-3-2-4-6-7;1-6-2-4-7-5-3-6/h2-6H,1H3;2-5H2,1H3. The first-order valence-corrected chi connectivity index (χ1v) is 7.40. The van der Waals surface area contributed by atoms with E-state index in [1.54, 1.807) is 30.3 Å². The van der Waals surface area contributed by atoms with Gasteiger partial charge in [0.1, 0.15) is 0 Å². The van der Waals surface area contributed by atoms with Crippen molar-refractivity contribution in [2.24, 2.45) is 0 Å². The molecule has 0 saturated carbocycles. The Balaban J connectivity index is 0.000000181. The van der Waals surface area contributed by atoms with E-state index in [4.69, 9.17) is 4.74 Å². The van der Waals surface area contributed by atoms with Gasteiger partial charge in [-0.1, -0.05) is 18.2 Å². The van der Waals surface area contributed by atoms with Crippen LogP contribution in [0.1, 0.15) is 0 Å². The fourth-order valence-electron chi connectivity index (χ4n) is 1.32. The molecule has 1 heterocycles. The Morgan fingerprint density at radius 2 is 1.65 bits per heavy atom. The summed E-state index contributed by atoms with van der Waals surface area (Å²) in [6.45, 7) is 4.02. The Morgan fingerprint density at radius 1 is 1.12 bits per heavy atom. The van der Waals surface area contributed by atoms with Crippen molar-refractivity contribution in [3.8, 4) is 0 Å². The lowest BCUT2D eigenvalue weighted by molar-refractivity contribution is 0.0503. The predicted octanol–water partition coefficient (Wildman–Crippen LogP) is 1.04. The van der Waals surface area contributed by atoms with Gasteiger partial charge in [0.25, 0.3) is 0 Å². The van der Waals surface area contributed by atoms with Gasteiger partial charge >= 0.3 is 0 Å². The number of morpholine rings is 1. The van der Waals surface area contributed by atoms with Crippen LogP contribution in [0.5, 0.6) is 0 Å². The van der Waals surface area contributed by atoms with E-state index in [9.17, 15) is 8.42 Å². The second-order valence-electron chi connectivity index (χ2n) is 4.00. The van der Waals surface area contributed by atoms with Gasteiger partial charge in [-0.3, -0.25) is 0 Å². The maximum absolute atomic E-state index is 10.8. The van der Waals surface area contributed by atoms with Crippen molar-refractivity contribution in [1.29, 1.82) is 0 Å². The van der Waals surface area contributed by atoms with Crippen molar-refractivity contribution < 1.29 is 13.2 Å². The second kappa shape index (κ2) is 6.74. The molecular formula is C12H19NO3S. The van der Waals surface area contributed by atoms with Crippen molar-refractivity contribution in [2.45, 2.75) is 4.90 Å². The van der Waals surface area contributed by atoms with Crippen LogP contribution in [0.25, 0.3) is 0 Å². The molecule has 0 aliphatic carbocycles. The van der Waals surface area contributed by atoms with Crippen LogP contribution in [-0.2, 0) is 14.6 Å². The number of hydrogen-bond acceptors (Lipinski definition) is 4. The molecule has 0 bridgehead atoms. The molecule has 0 unspecified atom stereocenters. The first-order valence-electron chi connectivity index (χ1n) is 5.51. The zero-order valence-corrected chi connectivity index (χ0v) is 11.1. The van der Waals surface area contributed by atoms with Gasteiger partial charge in [-0.25, -0.2) is 8.42 Å². The van der Waals surface area contributed by atoms with E-state index in [0.29, 0.717) is 4.90 Å². The highest BCUT2D eigenvalue weighted by atomic mass is 32.2. The number of rotatable bonds is 1. The largest absolute Gasteiger partial charge is 0.379 e. The minimum absolute atomic E-state index is 0.370. The Hall–Kier alpha value is -0.910. The number of hydrogen-bond donors (Lipinski definition) is 0. The number of ether oxygens (including phenoxy) is 1. The van der Waals surface area contributed by atoms with Gasteiger partial charge in [0.2, 0.25) is 0 Å².